The van der Waals surface area contributed by atoms with Crippen molar-refractivity contribution in [2.24, 2.45) is 0 Å². The standard InChI is InChI=1S/C23H16N2O6/c26-20-12-31-19-9-8-14(11-18(19)24-20)23(30)17-7-2-1-6-16(17)21(27)25(23)15-5-3-4-13(10-15)22(28)29/h1-11,30H,12H2,(H,24,26)(H,28,29). The molecule has 1 atom stereocenters. The van der Waals surface area contributed by atoms with Gasteiger partial charge in [-0.25, -0.2) is 4.79 Å². The summed E-state index contributed by atoms with van der Waals surface area (Å²) in [5.74, 6) is -1.50. The van der Waals surface area contributed by atoms with Crippen LogP contribution in [-0.2, 0) is 10.5 Å². The minimum atomic E-state index is -1.93. The van der Waals surface area contributed by atoms with Crippen LogP contribution in [0, 0.1) is 0 Å². The van der Waals surface area contributed by atoms with Crippen LogP contribution < -0.4 is 15.0 Å². The van der Waals surface area contributed by atoms with E-state index in [1.165, 1.54) is 18.2 Å². The highest BCUT2D eigenvalue weighted by Crippen LogP contribution is 2.46. The predicted molar refractivity (Wildman–Crippen MR) is 110 cm³/mol. The van der Waals surface area contributed by atoms with Crippen molar-refractivity contribution >= 4 is 29.2 Å². The van der Waals surface area contributed by atoms with Crippen molar-refractivity contribution in [1.29, 1.82) is 0 Å². The Morgan fingerprint density at radius 2 is 1.84 bits per heavy atom. The van der Waals surface area contributed by atoms with Crippen molar-refractivity contribution in [2.75, 3.05) is 16.8 Å². The molecule has 3 aromatic rings. The summed E-state index contributed by atoms with van der Waals surface area (Å²) in [7, 11) is 0. The Balaban J connectivity index is 1.73. The molecule has 2 heterocycles. The van der Waals surface area contributed by atoms with Crippen molar-refractivity contribution in [3.05, 3.63) is 89.0 Å². The molecule has 8 heteroatoms. The molecule has 0 bridgehead atoms. The third-order valence-corrected chi connectivity index (χ3v) is 5.43. The summed E-state index contributed by atoms with van der Waals surface area (Å²) in [6.45, 7) is -0.105. The van der Waals surface area contributed by atoms with Crippen LogP contribution in [0.4, 0.5) is 11.4 Å². The number of amides is 2. The number of benzene rings is 3. The number of nitrogens with one attached hydrogen (secondary N) is 1. The van der Waals surface area contributed by atoms with Crippen LogP contribution in [0.5, 0.6) is 5.75 Å². The number of carboxylic acids is 1. The van der Waals surface area contributed by atoms with Crippen LogP contribution >= 0.6 is 0 Å². The Morgan fingerprint density at radius 1 is 1.03 bits per heavy atom. The highest BCUT2D eigenvalue weighted by molar-refractivity contribution is 6.12. The summed E-state index contributed by atoms with van der Waals surface area (Å²) in [4.78, 5) is 37.7. The summed E-state index contributed by atoms with van der Waals surface area (Å²) in [5, 5.41) is 24.1. The first-order valence-corrected chi connectivity index (χ1v) is 9.46. The minimum absolute atomic E-state index is 0.0188. The summed E-state index contributed by atoms with van der Waals surface area (Å²) in [6, 6.07) is 17.2. The predicted octanol–water partition coefficient (Wildman–Crippen LogP) is 2.57. The van der Waals surface area contributed by atoms with E-state index in [2.05, 4.69) is 5.32 Å². The van der Waals surface area contributed by atoms with Gasteiger partial charge in [0.15, 0.2) is 12.3 Å². The molecule has 2 aliphatic heterocycles. The maximum Gasteiger partial charge on any atom is 0.335 e. The number of hydrogen-bond donors (Lipinski definition) is 3. The molecule has 0 spiro atoms. The Bertz CT molecular complexity index is 1270. The van der Waals surface area contributed by atoms with E-state index in [-0.39, 0.29) is 23.8 Å². The topological polar surface area (TPSA) is 116 Å². The molecule has 5 rings (SSSR count). The maximum absolute atomic E-state index is 13.3. The number of fused-ring (bicyclic) bond motifs is 2. The Labute approximate surface area is 176 Å². The zero-order valence-electron chi connectivity index (χ0n) is 16.0. The van der Waals surface area contributed by atoms with Gasteiger partial charge in [0.1, 0.15) is 5.75 Å². The van der Waals surface area contributed by atoms with Crippen LogP contribution in [0.15, 0.2) is 66.7 Å². The van der Waals surface area contributed by atoms with Crippen LogP contribution in [-0.4, -0.2) is 34.6 Å². The van der Waals surface area contributed by atoms with Crippen LogP contribution in [0.3, 0.4) is 0 Å². The maximum atomic E-state index is 13.3. The molecule has 31 heavy (non-hydrogen) atoms. The van der Waals surface area contributed by atoms with Gasteiger partial charge in [0, 0.05) is 22.4 Å². The largest absolute Gasteiger partial charge is 0.482 e. The summed E-state index contributed by atoms with van der Waals surface area (Å²) < 4.78 is 5.39. The number of carbonyl (C=O) groups excluding carboxylic acids is 2. The van der Waals surface area contributed by atoms with Gasteiger partial charge in [-0.3, -0.25) is 14.5 Å². The van der Waals surface area contributed by atoms with Gasteiger partial charge in [-0.15, -0.1) is 0 Å². The van der Waals surface area contributed by atoms with E-state index in [1.54, 1.807) is 48.5 Å². The number of aliphatic hydroxyl groups is 1. The van der Waals surface area contributed by atoms with Gasteiger partial charge in [0.25, 0.3) is 11.8 Å². The van der Waals surface area contributed by atoms with Gasteiger partial charge in [0.2, 0.25) is 0 Å². The number of anilines is 2. The number of ether oxygens (including phenoxy) is 1. The van der Waals surface area contributed by atoms with E-state index in [0.29, 0.717) is 28.1 Å². The lowest BCUT2D eigenvalue weighted by atomic mass is 9.92. The first-order valence-electron chi connectivity index (χ1n) is 9.46. The number of aromatic carboxylic acids is 1. The fourth-order valence-corrected chi connectivity index (χ4v) is 4.03. The Hall–Kier alpha value is -4.17. The van der Waals surface area contributed by atoms with Crippen molar-refractivity contribution < 1.29 is 29.3 Å². The molecule has 0 aliphatic carbocycles. The second-order valence-corrected chi connectivity index (χ2v) is 7.26. The fourth-order valence-electron chi connectivity index (χ4n) is 4.03. The molecule has 8 nitrogen and oxygen atoms in total. The number of nitrogens with zero attached hydrogens (tertiary/aromatic N) is 1. The molecular formula is C23H16N2O6. The van der Waals surface area contributed by atoms with Crippen molar-refractivity contribution in [3.63, 3.8) is 0 Å². The first kappa shape index (κ1) is 18.8. The second-order valence-electron chi connectivity index (χ2n) is 7.26. The highest BCUT2D eigenvalue weighted by atomic mass is 16.5. The van der Waals surface area contributed by atoms with Crippen LogP contribution in [0.25, 0.3) is 0 Å². The van der Waals surface area contributed by atoms with E-state index >= 15 is 0 Å². The minimum Gasteiger partial charge on any atom is -0.482 e. The van der Waals surface area contributed by atoms with Gasteiger partial charge in [-0.1, -0.05) is 24.3 Å². The third kappa shape index (κ3) is 2.77. The number of carboxylic acid groups (broad SMARTS) is 1. The Kier molecular flexibility index (Phi) is 4.06. The summed E-state index contributed by atoms with van der Waals surface area (Å²) in [6.07, 6.45) is 0. The third-order valence-electron chi connectivity index (χ3n) is 5.43. The van der Waals surface area contributed by atoms with E-state index in [9.17, 15) is 24.6 Å². The lowest BCUT2D eigenvalue weighted by Crippen LogP contribution is -2.45. The van der Waals surface area contributed by atoms with Crippen LogP contribution in [0.2, 0.25) is 0 Å². The average molecular weight is 416 g/mol. The van der Waals surface area contributed by atoms with E-state index < -0.39 is 17.6 Å². The summed E-state index contributed by atoms with van der Waals surface area (Å²) in [5.41, 5.74) is -0.389. The van der Waals surface area contributed by atoms with E-state index in [4.69, 9.17) is 4.74 Å². The first-order chi connectivity index (χ1) is 14.9. The van der Waals surface area contributed by atoms with E-state index in [0.717, 1.165) is 4.90 Å². The van der Waals surface area contributed by atoms with Crippen molar-refractivity contribution in [1.82, 2.24) is 0 Å². The average Bonchev–Trinajstić information content (AvgIpc) is 3.01. The molecule has 0 aromatic heterocycles. The zero-order valence-corrected chi connectivity index (χ0v) is 16.0. The normalized spacial score (nSPS) is 19.3. The number of carbonyl (C=O) groups is 3. The fraction of sp³-hybridized carbons (Fsp3) is 0.0870. The molecule has 0 fully saturated rings. The molecule has 3 aromatic carbocycles. The van der Waals surface area contributed by atoms with Crippen molar-refractivity contribution in [2.45, 2.75) is 5.72 Å². The summed E-state index contributed by atoms with van der Waals surface area (Å²) >= 11 is 0. The number of hydrogen-bond acceptors (Lipinski definition) is 5. The van der Waals surface area contributed by atoms with E-state index in [1.807, 2.05) is 0 Å². The molecule has 0 saturated heterocycles. The molecule has 0 saturated carbocycles. The SMILES string of the molecule is O=C1COc2ccc(C3(O)c4ccccc4C(=O)N3c3cccc(C(=O)O)c3)cc2N1. The van der Waals surface area contributed by atoms with Gasteiger partial charge >= 0.3 is 5.97 Å². The van der Waals surface area contributed by atoms with Crippen LogP contribution in [0.1, 0.15) is 31.8 Å². The van der Waals surface area contributed by atoms with Gasteiger partial charge < -0.3 is 20.3 Å². The quantitative estimate of drug-likeness (QED) is 0.604. The molecular weight excluding hydrogens is 400 g/mol. The molecule has 0 radical (unpaired) electrons. The smallest absolute Gasteiger partial charge is 0.335 e. The number of rotatable bonds is 3. The van der Waals surface area contributed by atoms with Gasteiger partial charge in [-0.2, -0.15) is 0 Å². The van der Waals surface area contributed by atoms with Gasteiger partial charge in [0.05, 0.1) is 11.3 Å². The highest BCUT2D eigenvalue weighted by Gasteiger charge is 2.51. The second kappa shape index (κ2) is 6.68. The molecule has 3 N–H and O–H groups in total. The monoisotopic (exact) mass is 416 g/mol. The zero-order chi connectivity index (χ0) is 21.8. The van der Waals surface area contributed by atoms with Crippen molar-refractivity contribution in [3.8, 4) is 5.75 Å². The Morgan fingerprint density at radius 3 is 2.65 bits per heavy atom. The molecule has 154 valence electrons. The molecule has 2 amide bonds. The van der Waals surface area contributed by atoms with Gasteiger partial charge in [-0.05, 0) is 42.5 Å². The lowest BCUT2D eigenvalue weighted by Gasteiger charge is -2.35. The molecule has 1 unspecified atom stereocenters. The molecule has 2 aliphatic rings. The lowest BCUT2D eigenvalue weighted by molar-refractivity contribution is -0.118.